The molecule has 0 saturated carbocycles. The number of hydrogen-bond donors (Lipinski definition) is 3. The Balaban J connectivity index is 2.82. The maximum atomic E-state index is 11.9. The minimum atomic E-state index is -4.93. The molecule has 13 heteroatoms. The molecule has 1 rings (SSSR count). The molecule has 0 bridgehead atoms. The first-order valence-corrected chi connectivity index (χ1v) is 10.3. The van der Waals surface area contributed by atoms with Gasteiger partial charge in [-0.05, 0) is 12.5 Å². The Morgan fingerprint density at radius 3 is 2.23 bits per heavy atom. The second-order valence-corrected chi connectivity index (χ2v) is 7.89. The van der Waals surface area contributed by atoms with Crippen LogP contribution in [-0.4, -0.2) is 51.8 Å². The van der Waals surface area contributed by atoms with Gasteiger partial charge in [0, 0.05) is 0 Å². The Hall–Kier alpha value is -2.22. The van der Waals surface area contributed by atoms with Crippen LogP contribution in [0, 0.1) is 0 Å². The molecule has 2 amide bonds. The highest BCUT2D eigenvalue weighted by atomic mass is 32.2. The van der Waals surface area contributed by atoms with Crippen molar-refractivity contribution >= 4 is 32.4 Å². The number of carbonyl (C=O) groups is 2. The van der Waals surface area contributed by atoms with Gasteiger partial charge in [0.15, 0.2) is 0 Å². The molecule has 3 N–H and O–H groups in total. The summed E-state index contributed by atoms with van der Waals surface area (Å²) in [7, 11) is -8.95. The number of benzene rings is 1. The van der Waals surface area contributed by atoms with Crippen molar-refractivity contribution in [1.82, 2.24) is 10.0 Å². The first-order chi connectivity index (χ1) is 11.9. The van der Waals surface area contributed by atoms with E-state index in [0.29, 0.717) is 11.8 Å². The lowest BCUT2D eigenvalue weighted by Gasteiger charge is -2.22. The average Bonchev–Trinajstić information content (AvgIpc) is 2.48. The van der Waals surface area contributed by atoms with Gasteiger partial charge >= 0.3 is 16.4 Å². The first-order valence-electron chi connectivity index (χ1n) is 7.02. The molecule has 0 unspecified atom stereocenters. The second-order valence-electron chi connectivity index (χ2n) is 5.13. The fraction of sp³-hybridized carbons (Fsp3) is 0.385. The lowest BCUT2D eigenvalue weighted by molar-refractivity contribution is -0.123. The van der Waals surface area contributed by atoms with Crippen LogP contribution in [0.15, 0.2) is 30.3 Å². The zero-order valence-electron chi connectivity index (χ0n) is 13.8. The van der Waals surface area contributed by atoms with Gasteiger partial charge in [-0.3, -0.25) is 13.5 Å². The van der Waals surface area contributed by atoms with E-state index in [-0.39, 0.29) is 6.61 Å². The fourth-order valence-electron chi connectivity index (χ4n) is 1.81. The topological polar surface area (TPSA) is 165 Å². The van der Waals surface area contributed by atoms with E-state index in [4.69, 9.17) is 9.29 Å². The molecule has 0 radical (unpaired) electrons. The maximum absolute atomic E-state index is 11.9. The molecule has 0 aromatic heterocycles. The van der Waals surface area contributed by atoms with E-state index in [9.17, 15) is 26.4 Å². The van der Waals surface area contributed by atoms with Crippen molar-refractivity contribution in [3.05, 3.63) is 35.9 Å². The molecule has 0 aliphatic carbocycles. The van der Waals surface area contributed by atoms with Gasteiger partial charge in [-0.1, -0.05) is 30.3 Å². The molecule has 26 heavy (non-hydrogen) atoms. The zero-order valence-corrected chi connectivity index (χ0v) is 15.4. The number of alkyl carbamates (subject to hydrolysis) is 1. The van der Waals surface area contributed by atoms with Crippen molar-refractivity contribution in [3.8, 4) is 0 Å². The van der Waals surface area contributed by atoms with E-state index < -0.39 is 44.6 Å². The number of nitrogens with one attached hydrogen (secondary N) is 2. The van der Waals surface area contributed by atoms with Gasteiger partial charge in [-0.25, -0.2) is 9.52 Å². The summed E-state index contributed by atoms with van der Waals surface area (Å²) in [5.74, 6) is -1.42. The van der Waals surface area contributed by atoms with Gasteiger partial charge in [-0.15, -0.1) is 0 Å². The third-order valence-electron chi connectivity index (χ3n) is 2.79. The Kier molecular flexibility index (Phi) is 7.50. The van der Waals surface area contributed by atoms with Crippen LogP contribution in [0.3, 0.4) is 0 Å². The van der Waals surface area contributed by atoms with Gasteiger partial charge in [0.05, 0.1) is 6.26 Å². The summed E-state index contributed by atoms with van der Waals surface area (Å²) in [6.45, 7) is 0.952. The predicted octanol–water partition coefficient (Wildman–Crippen LogP) is -0.435. The molecule has 2 atom stereocenters. The largest absolute Gasteiger partial charge is 0.445 e. The van der Waals surface area contributed by atoms with E-state index >= 15 is 0 Å². The molecule has 146 valence electrons. The van der Waals surface area contributed by atoms with E-state index in [0.717, 1.165) is 6.92 Å². The summed E-state index contributed by atoms with van der Waals surface area (Å²) in [6.07, 6.45) is -1.92. The number of rotatable bonds is 8. The molecule has 0 aliphatic rings. The SMILES string of the molecule is C[C@@H](OS(C)(=O)=O)[C@H](NC(=O)OCc1ccccc1)C(=O)NS(=O)(=O)O. The van der Waals surface area contributed by atoms with Crippen LogP contribution >= 0.6 is 0 Å². The van der Waals surface area contributed by atoms with Crippen molar-refractivity contribution in [1.29, 1.82) is 0 Å². The van der Waals surface area contributed by atoms with Crippen molar-refractivity contribution in [3.63, 3.8) is 0 Å². The predicted molar refractivity (Wildman–Crippen MR) is 88.6 cm³/mol. The Morgan fingerprint density at radius 1 is 1.15 bits per heavy atom. The molecular weight excluding hydrogens is 392 g/mol. The molecule has 0 spiro atoms. The van der Waals surface area contributed by atoms with E-state index in [1.165, 1.54) is 4.72 Å². The summed E-state index contributed by atoms with van der Waals surface area (Å²) >= 11 is 0. The second kappa shape index (κ2) is 8.93. The highest BCUT2D eigenvalue weighted by Gasteiger charge is 2.32. The normalized spacial score (nSPS) is 14.1. The Morgan fingerprint density at radius 2 is 1.73 bits per heavy atom. The monoisotopic (exact) mass is 410 g/mol. The van der Waals surface area contributed by atoms with Crippen LogP contribution in [0.1, 0.15) is 12.5 Å². The summed E-state index contributed by atoms with van der Waals surface area (Å²) in [5, 5.41) is 1.99. The lowest BCUT2D eigenvalue weighted by atomic mass is 10.2. The molecule has 1 aromatic rings. The van der Waals surface area contributed by atoms with E-state index in [1.807, 2.05) is 5.32 Å². The summed E-state index contributed by atoms with van der Waals surface area (Å²) < 4.78 is 63.2. The van der Waals surface area contributed by atoms with E-state index in [1.54, 1.807) is 30.3 Å². The Labute approximate surface area is 150 Å². The zero-order chi connectivity index (χ0) is 20.0. The van der Waals surface area contributed by atoms with Crippen LogP contribution < -0.4 is 10.0 Å². The lowest BCUT2D eigenvalue weighted by Crippen LogP contribution is -2.54. The van der Waals surface area contributed by atoms with Crippen molar-refractivity contribution in [2.24, 2.45) is 0 Å². The molecule has 0 saturated heterocycles. The van der Waals surface area contributed by atoms with Crippen LogP contribution in [0.5, 0.6) is 0 Å². The third-order valence-corrected chi connectivity index (χ3v) is 3.91. The number of carbonyl (C=O) groups excluding carboxylic acids is 2. The van der Waals surface area contributed by atoms with Gasteiger partial charge in [0.2, 0.25) is 0 Å². The maximum Gasteiger partial charge on any atom is 0.408 e. The highest BCUT2D eigenvalue weighted by molar-refractivity contribution is 7.86. The van der Waals surface area contributed by atoms with Crippen LogP contribution in [0.2, 0.25) is 0 Å². The average molecular weight is 410 g/mol. The fourth-order valence-corrected chi connectivity index (χ4v) is 2.85. The van der Waals surface area contributed by atoms with Crippen molar-refractivity contribution in [2.45, 2.75) is 25.7 Å². The summed E-state index contributed by atoms with van der Waals surface area (Å²) in [6, 6.07) is 6.73. The summed E-state index contributed by atoms with van der Waals surface area (Å²) in [5.41, 5.74) is 0.641. The molecule has 0 aliphatic heterocycles. The number of hydrogen-bond acceptors (Lipinski definition) is 8. The van der Waals surface area contributed by atoms with Crippen LogP contribution in [-0.2, 0) is 40.7 Å². The standard InChI is InChI=1S/C13H18N2O9S2/c1-9(24-25(2,18)19)11(12(16)15-26(20,21)22)14-13(17)23-8-10-6-4-3-5-7-10/h3-7,9,11H,8H2,1-2H3,(H,14,17)(H,15,16)(H,20,21,22)/t9-,11+/m1/s1. The number of ether oxygens (including phenoxy) is 1. The molecule has 0 fully saturated rings. The Bertz CT molecular complexity index is 838. The molecule has 0 heterocycles. The molecular formula is C13H18N2O9S2. The van der Waals surface area contributed by atoms with Gasteiger partial charge in [0.1, 0.15) is 18.8 Å². The van der Waals surface area contributed by atoms with Crippen LogP contribution in [0.4, 0.5) is 4.79 Å². The van der Waals surface area contributed by atoms with Crippen molar-refractivity contribution in [2.75, 3.05) is 6.26 Å². The summed E-state index contributed by atoms with van der Waals surface area (Å²) in [4.78, 5) is 23.7. The van der Waals surface area contributed by atoms with Gasteiger partial charge in [0.25, 0.3) is 16.0 Å². The molecule has 1 aromatic carbocycles. The number of amides is 2. The van der Waals surface area contributed by atoms with E-state index in [2.05, 4.69) is 4.18 Å². The minimum Gasteiger partial charge on any atom is -0.445 e. The highest BCUT2D eigenvalue weighted by Crippen LogP contribution is 2.06. The molecule has 11 nitrogen and oxygen atoms in total. The third kappa shape index (κ3) is 8.75. The first kappa shape index (κ1) is 21.8. The van der Waals surface area contributed by atoms with Crippen LogP contribution in [0.25, 0.3) is 0 Å². The minimum absolute atomic E-state index is 0.152. The quantitative estimate of drug-likeness (QED) is 0.380. The van der Waals surface area contributed by atoms with Gasteiger partial charge in [-0.2, -0.15) is 16.8 Å². The van der Waals surface area contributed by atoms with Gasteiger partial charge < -0.3 is 10.1 Å². The smallest absolute Gasteiger partial charge is 0.408 e. The van der Waals surface area contributed by atoms with Crippen molar-refractivity contribution < 1.29 is 39.9 Å².